The van der Waals surface area contributed by atoms with Gasteiger partial charge in [0.1, 0.15) is 5.82 Å². The molecule has 1 amide bonds. The van der Waals surface area contributed by atoms with Gasteiger partial charge >= 0.3 is 0 Å². The van der Waals surface area contributed by atoms with Crippen LogP contribution in [-0.2, 0) is 17.6 Å². The van der Waals surface area contributed by atoms with Crippen molar-refractivity contribution in [2.75, 3.05) is 19.7 Å². The van der Waals surface area contributed by atoms with Gasteiger partial charge in [-0.25, -0.2) is 24.6 Å². The van der Waals surface area contributed by atoms with Crippen molar-refractivity contribution in [1.82, 2.24) is 45.0 Å². The van der Waals surface area contributed by atoms with Crippen LogP contribution in [0.5, 0.6) is 5.75 Å². The monoisotopic (exact) mass is 649 g/mol. The summed E-state index contributed by atoms with van der Waals surface area (Å²) in [5, 5.41) is 14.4. The summed E-state index contributed by atoms with van der Waals surface area (Å²) in [6, 6.07) is 16.1. The summed E-state index contributed by atoms with van der Waals surface area (Å²) in [4.78, 5) is 41.9. The Balaban J connectivity index is 1.32. The number of rotatable bonds is 16. The van der Waals surface area contributed by atoms with Crippen LogP contribution in [0.25, 0.3) is 28.5 Å². The van der Waals surface area contributed by atoms with Gasteiger partial charge in [-0.1, -0.05) is 61.9 Å². The van der Waals surface area contributed by atoms with Crippen molar-refractivity contribution in [3.05, 3.63) is 93.9 Å². The molecule has 1 N–H and O–H groups in total. The molecule has 5 rings (SSSR count). The third-order valence-corrected chi connectivity index (χ3v) is 8.35. The highest BCUT2D eigenvalue weighted by Gasteiger charge is 2.18. The standard InChI is InChI=1S/C36H43N9O3/c1-5-8-15-32-31(22-26-17-19-27(20-18-26)29-13-9-10-14-30(29)34-40-42-43-41-34)35(47)45(25(4)39-32)36-37-23-28(24-38-36)48-21-12-11-16-33(46)44(6-2)7-3/h9-10,13-14,17-20,23-24H,5-8,11-12,15-16,21-22H2,1-4H3,(H,40,41,42,43). The van der Waals surface area contributed by atoms with Crippen molar-refractivity contribution in [3.63, 3.8) is 0 Å². The maximum Gasteiger partial charge on any atom is 0.264 e. The first-order valence-corrected chi connectivity index (χ1v) is 16.7. The van der Waals surface area contributed by atoms with Gasteiger partial charge < -0.3 is 9.64 Å². The number of unbranched alkanes of at least 4 members (excludes halogenated alkanes) is 2. The molecule has 0 unspecified atom stereocenters. The number of nitrogens with one attached hydrogen (secondary N) is 1. The first kappa shape index (κ1) is 34.1. The summed E-state index contributed by atoms with van der Waals surface area (Å²) in [6.07, 6.45) is 8.22. The maximum atomic E-state index is 14.1. The molecule has 3 aromatic heterocycles. The number of carbonyl (C=O) groups excluding carboxylic acids is 1. The van der Waals surface area contributed by atoms with E-state index in [1.165, 1.54) is 4.57 Å². The molecule has 12 heteroatoms. The molecule has 5 aromatic rings. The number of tetrazole rings is 1. The predicted octanol–water partition coefficient (Wildman–Crippen LogP) is 5.53. The van der Waals surface area contributed by atoms with Crippen molar-refractivity contribution < 1.29 is 9.53 Å². The van der Waals surface area contributed by atoms with Gasteiger partial charge in [0.15, 0.2) is 11.6 Å². The zero-order chi connectivity index (χ0) is 33.9. The van der Waals surface area contributed by atoms with Gasteiger partial charge in [-0.2, -0.15) is 0 Å². The van der Waals surface area contributed by atoms with E-state index in [0.717, 1.165) is 66.7 Å². The number of aryl methyl sites for hydroxylation is 2. The second kappa shape index (κ2) is 16.5. The quantitative estimate of drug-likeness (QED) is 0.136. The average molecular weight is 650 g/mol. The van der Waals surface area contributed by atoms with E-state index in [0.29, 0.717) is 48.8 Å². The molecule has 2 aromatic carbocycles. The molecule has 0 saturated carbocycles. The Labute approximate surface area is 280 Å². The highest BCUT2D eigenvalue weighted by molar-refractivity contribution is 5.80. The number of hydrogen-bond acceptors (Lipinski definition) is 9. The molecule has 0 spiro atoms. The third-order valence-electron chi connectivity index (χ3n) is 8.35. The lowest BCUT2D eigenvalue weighted by Gasteiger charge is -2.18. The number of benzene rings is 2. The number of hydrogen-bond donors (Lipinski definition) is 1. The van der Waals surface area contributed by atoms with E-state index in [-0.39, 0.29) is 17.4 Å². The fraction of sp³-hybridized carbons (Fsp3) is 0.389. The van der Waals surface area contributed by atoms with Crippen molar-refractivity contribution >= 4 is 5.91 Å². The smallest absolute Gasteiger partial charge is 0.264 e. The van der Waals surface area contributed by atoms with Crippen LogP contribution in [0, 0.1) is 6.92 Å². The molecule has 0 aliphatic heterocycles. The Morgan fingerprint density at radius 1 is 0.938 bits per heavy atom. The summed E-state index contributed by atoms with van der Waals surface area (Å²) < 4.78 is 7.30. The van der Waals surface area contributed by atoms with Crippen molar-refractivity contribution in [3.8, 4) is 34.2 Å². The van der Waals surface area contributed by atoms with Gasteiger partial charge in [-0.05, 0) is 73.6 Å². The molecule has 0 bridgehead atoms. The normalized spacial score (nSPS) is 11.1. The number of carbonyl (C=O) groups is 1. The molecular weight excluding hydrogens is 606 g/mol. The average Bonchev–Trinajstić information content (AvgIpc) is 3.65. The topological polar surface area (TPSA) is 145 Å². The second-order valence-corrected chi connectivity index (χ2v) is 11.6. The van der Waals surface area contributed by atoms with Crippen LogP contribution in [-0.4, -0.2) is 70.6 Å². The predicted molar refractivity (Wildman–Crippen MR) is 184 cm³/mol. The molecule has 0 aliphatic rings. The molecule has 3 heterocycles. The first-order chi connectivity index (χ1) is 23.4. The van der Waals surface area contributed by atoms with E-state index in [9.17, 15) is 9.59 Å². The van der Waals surface area contributed by atoms with E-state index in [1.807, 2.05) is 62.1 Å². The number of aromatic amines is 1. The van der Waals surface area contributed by atoms with E-state index >= 15 is 0 Å². The number of aromatic nitrogens is 8. The van der Waals surface area contributed by atoms with Crippen LogP contribution < -0.4 is 10.3 Å². The van der Waals surface area contributed by atoms with Gasteiger partial charge in [-0.3, -0.25) is 9.59 Å². The lowest BCUT2D eigenvalue weighted by Crippen LogP contribution is -2.30. The molecule has 0 saturated heterocycles. The summed E-state index contributed by atoms with van der Waals surface area (Å²) >= 11 is 0. The third kappa shape index (κ3) is 8.17. The largest absolute Gasteiger partial charge is 0.490 e. The van der Waals surface area contributed by atoms with Crippen molar-refractivity contribution in [2.24, 2.45) is 0 Å². The number of amides is 1. The van der Waals surface area contributed by atoms with E-state index in [4.69, 9.17) is 9.72 Å². The minimum absolute atomic E-state index is 0.169. The summed E-state index contributed by atoms with van der Waals surface area (Å²) in [7, 11) is 0. The fourth-order valence-corrected chi connectivity index (χ4v) is 5.71. The molecular formula is C36H43N9O3. The minimum Gasteiger partial charge on any atom is -0.490 e. The fourth-order valence-electron chi connectivity index (χ4n) is 5.71. The van der Waals surface area contributed by atoms with Crippen LogP contribution in [0.3, 0.4) is 0 Å². The molecule has 48 heavy (non-hydrogen) atoms. The van der Waals surface area contributed by atoms with Crippen LogP contribution in [0.2, 0.25) is 0 Å². The zero-order valence-electron chi connectivity index (χ0n) is 28.1. The Morgan fingerprint density at radius 3 is 2.33 bits per heavy atom. The molecule has 0 fully saturated rings. The number of nitrogens with zero attached hydrogens (tertiary/aromatic N) is 8. The van der Waals surface area contributed by atoms with E-state index in [1.54, 1.807) is 12.4 Å². The van der Waals surface area contributed by atoms with E-state index in [2.05, 4.69) is 49.6 Å². The van der Waals surface area contributed by atoms with Crippen molar-refractivity contribution in [2.45, 2.75) is 72.6 Å². The Morgan fingerprint density at radius 2 is 1.67 bits per heavy atom. The van der Waals surface area contributed by atoms with Crippen LogP contribution >= 0.6 is 0 Å². The minimum atomic E-state index is -0.174. The molecule has 12 nitrogen and oxygen atoms in total. The molecule has 250 valence electrons. The lowest BCUT2D eigenvalue weighted by atomic mass is 9.96. The van der Waals surface area contributed by atoms with Gasteiger partial charge in [-0.15, -0.1) is 5.10 Å². The zero-order valence-corrected chi connectivity index (χ0v) is 28.1. The van der Waals surface area contributed by atoms with Gasteiger partial charge in [0, 0.05) is 37.1 Å². The van der Waals surface area contributed by atoms with Gasteiger partial charge in [0.05, 0.1) is 24.7 Å². The molecule has 0 aliphatic carbocycles. The Hall–Kier alpha value is -5.26. The molecule has 0 radical (unpaired) electrons. The second-order valence-electron chi connectivity index (χ2n) is 11.6. The van der Waals surface area contributed by atoms with Crippen molar-refractivity contribution in [1.29, 1.82) is 0 Å². The SMILES string of the molecule is CCCCc1nc(C)n(-c2ncc(OCCCCC(=O)N(CC)CC)cn2)c(=O)c1Cc1ccc(-c2ccccc2-c2nnn[nH]2)cc1. The molecule has 0 atom stereocenters. The summed E-state index contributed by atoms with van der Waals surface area (Å²) in [6.45, 7) is 9.82. The van der Waals surface area contributed by atoms with Crippen LogP contribution in [0.15, 0.2) is 65.7 Å². The van der Waals surface area contributed by atoms with Gasteiger partial charge in [0.2, 0.25) is 11.9 Å². The van der Waals surface area contributed by atoms with Crippen LogP contribution in [0.4, 0.5) is 0 Å². The van der Waals surface area contributed by atoms with E-state index < -0.39 is 0 Å². The maximum absolute atomic E-state index is 14.1. The lowest BCUT2D eigenvalue weighted by molar-refractivity contribution is -0.130. The highest BCUT2D eigenvalue weighted by atomic mass is 16.5. The summed E-state index contributed by atoms with van der Waals surface area (Å²) in [5.41, 5.74) is 5.18. The van der Waals surface area contributed by atoms with Crippen LogP contribution in [0.1, 0.15) is 75.5 Å². The first-order valence-electron chi connectivity index (χ1n) is 16.7. The Bertz CT molecular complexity index is 1830. The number of ether oxygens (including phenoxy) is 1. The number of H-pyrrole nitrogens is 1. The Kier molecular flexibility index (Phi) is 11.7. The highest BCUT2D eigenvalue weighted by Crippen LogP contribution is 2.30. The summed E-state index contributed by atoms with van der Waals surface area (Å²) in [5.74, 6) is 2.06. The van der Waals surface area contributed by atoms with Gasteiger partial charge in [0.25, 0.3) is 5.56 Å².